The van der Waals surface area contributed by atoms with E-state index in [-0.39, 0.29) is 30.4 Å². The van der Waals surface area contributed by atoms with Crippen molar-refractivity contribution in [3.63, 3.8) is 0 Å². The summed E-state index contributed by atoms with van der Waals surface area (Å²) in [6, 6.07) is 5.93. The highest BCUT2D eigenvalue weighted by molar-refractivity contribution is 5.76. The van der Waals surface area contributed by atoms with Crippen LogP contribution >= 0.6 is 0 Å². The Bertz CT molecular complexity index is 875. The Morgan fingerprint density at radius 2 is 2.17 bits per heavy atom. The first-order valence-electron chi connectivity index (χ1n) is 7.51. The van der Waals surface area contributed by atoms with Gasteiger partial charge in [-0.05, 0) is 33.5 Å². The zero-order valence-electron chi connectivity index (χ0n) is 13.8. The maximum atomic E-state index is 11.9. The van der Waals surface area contributed by atoms with E-state index in [1.54, 1.807) is 0 Å². The molecule has 0 saturated carbocycles. The molecule has 9 nitrogen and oxygen atoms in total. The first kappa shape index (κ1) is 15.9. The van der Waals surface area contributed by atoms with Gasteiger partial charge in [-0.1, -0.05) is 31.9 Å². The number of nitrogen functional groups attached to an aromatic ring is 1. The van der Waals surface area contributed by atoms with E-state index in [4.69, 9.17) is 10.2 Å². The third kappa shape index (κ3) is 3.34. The molecule has 3 N–H and O–H groups in total. The highest BCUT2D eigenvalue weighted by Gasteiger charge is 2.16. The second-order valence-corrected chi connectivity index (χ2v) is 6.51. The van der Waals surface area contributed by atoms with Crippen LogP contribution in [-0.4, -0.2) is 31.1 Å². The maximum Gasteiger partial charge on any atom is 0.242 e. The average Bonchev–Trinajstić information content (AvgIpc) is 3.09. The minimum absolute atomic E-state index is 0.0350. The van der Waals surface area contributed by atoms with Gasteiger partial charge in [0.25, 0.3) is 0 Å². The molecular weight excluding hydrogens is 310 g/mol. The number of nitrogens with one attached hydrogen (secondary N) is 1. The smallest absolute Gasteiger partial charge is 0.242 e. The van der Waals surface area contributed by atoms with Gasteiger partial charge in [-0.25, -0.2) is 9.67 Å². The molecular formula is C15H19N7O2. The second kappa shape index (κ2) is 5.91. The molecule has 0 aliphatic carbocycles. The number of nitrogens with two attached hydrogens (primary N) is 1. The molecule has 0 aliphatic heterocycles. The minimum atomic E-state index is -0.286. The van der Waals surface area contributed by atoms with Gasteiger partial charge in [0.05, 0.1) is 6.54 Å². The Hall–Kier alpha value is -2.97. The molecule has 3 rings (SSSR count). The van der Waals surface area contributed by atoms with Gasteiger partial charge >= 0.3 is 0 Å². The topological polar surface area (TPSA) is 125 Å². The molecule has 0 bridgehead atoms. The Morgan fingerprint density at radius 3 is 2.83 bits per heavy atom. The summed E-state index contributed by atoms with van der Waals surface area (Å²) < 4.78 is 6.85. The predicted octanol–water partition coefficient (Wildman–Crippen LogP) is 1.01. The molecule has 1 amide bonds. The van der Waals surface area contributed by atoms with E-state index < -0.39 is 0 Å². The summed E-state index contributed by atoms with van der Waals surface area (Å²) in [6.07, 6.45) is 0. The van der Waals surface area contributed by atoms with Crippen LogP contribution < -0.4 is 11.1 Å². The van der Waals surface area contributed by atoms with E-state index >= 15 is 0 Å². The fourth-order valence-electron chi connectivity index (χ4n) is 2.21. The Kier molecular flexibility index (Phi) is 3.92. The first-order chi connectivity index (χ1) is 11.3. The molecule has 0 atom stereocenters. The highest BCUT2D eigenvalue weighted by atomic mass is 16.3. The number of rotatable bonds is 4. The van der Waals surface area contributed by atoms with Gasteiger partial charge in [0.15, 0.2) is 5.58 Å². The molecule has 2 heterocycles. The largest absolute Gasteiger partial charge is 0.439 e. The van der Waals surface area contributed by atoms with Crippen molar-refractivity contribution >= 4 is 23.0 Å². The Labute approximate surface area is 138 Å². The first-order valence-corrected chi connectivity index (χ1v) is 7.51. The van der Waals surface area contributed by atoms with Crippen molar-refractivity contribution in [3.05, 3.63) is 29.7 Å². The lowest BCUT2D eigenvalue weighted by molar-refractivity contribution is -0.122. The number of amides is 1. The molecule has 24 heavy (non-hydrogen) atoms. The zero-order valence-corrected chi connectivity index (χ0v) is 13.8. The highest BCUT2D eigenvalue weighted by Crippen LogP contribution is 2.26. The van der Waals surface area contributed by atoms with Crippen LogP contribution in [0.5, 0.6) is 0 Å². The van der Waals surface area contributed by atoms with E-state index in [2.05, 4.69) is 46.6 Å². The van der Waals surface area contributed by atoms with Crippen LogP contribution in [0.4, 0.5) is 5.95 Å². The van der Waals surface area contributed by atoms with E-state index in [0.29, 0.717) is 11.5 Å². The second-order valence-electron chi connectivity index (χ2n) is 6.51. The van der Waals surface area contributed by atoms with Gasteiger partial charge in [-0.3, -0.25) is 4.79 Å². The van der Waals surface area contributed by atoms with Crippen LogP contribution in [0.2, 0.25) is 0 Å². The van der Waals surface area contributed by atoms with Crippen molar-refractivity contribution in [1.29, 1.82) is 0 Å². The van der Waals surface area contributed by atoms with Crippen molar-refractivity contribution < 1.29 is 9.21 Å². The van der Waals surface area contributed by atoms with Crippen molar-refractivity contribution in [1.82, 2.24) is 30.5 Å². The van der Waals surface area contributed by atoms with Crippen molar-refractivity contribution in [3.8, 4) is 0 Å². The van der Waals surface area contributed by atoms with Crippen LogP contribution in [0, 0.1) is 0 Å². The predicted molar refractivity (Wildman–Crippen MR) is 86.8 cm³/mol. The number of hydrogen-bond donors (Lipinski definition) is 2. The molecule has 0 radical (unpaired) electrons. The van der Waals surface area contributed by atoms with Gasteiger partial charge in [-0.2, -0.15) is 0 Å². The molecule has 0 saturated heterocycles. The number of fused-ring (bicyclic) bond motifs is 1. The lowest BCUT2D eigenvalue weighted by atomic mass is 9.87. The average molecular weight is 329 g/mol. The van der Waals surface area contributed by atoms with Crippen LogP contribution in [0.1, 0.15) is 32.2 Å². The van der Waals surface area contributed by atoms with E-state index in [1.165, 1.54) is 10.2 Å². The van der Waals surface area contributed by atoms with Gasteiger partial charge in [0, 0.05) is 0 Å². The minimum Gasteiger partial charge on any atom is -0.439 e. The summed E-state index contributed by atoms with van der Waals surface area (Å²) >= 11 is 0. The van der Waals surface area contributed by atoms with Crippen LogP contribution in [0.15, 0.2) is 22.6 Å². The third-order valence-corrected chi connectivity index (χ3v) is 3.59. The van der Waals surface area contributed by atoms with E-state index in [1.807, 2.05) is 18.2 Å². The molecule has 3 aromatic rings. The molecule has 2 aromatic heterocycles. The van der Waals surface area contributed by atoms with Crippen LogP contribution in [0.3, 0.4) is 0 Å². The lowest BCUT2D eigenvalue weighted by Gasteiger charge is -2.18. The molecule has 0 spiro atoms. The number of anilines is 1. The summed E-state index contributed by atoms with van der Waals surface area (Å²) in [5.74, 6) is 0.238. The summed E-state index contributed by atoms with van der Waals surface area (Å²) in [7, 11) is 0. The summed E-state index contributed by atoms with van der Waals surface area (Å²) in [5, 5.41) is 13.2. The number of oxazole rings is 1. The number of carbonyl (C=O) groups is 1. The quantitative estimate of drug-likeness (QED) is 0.731. The molecule has 0 fully saturated rings. The van der Waals surface area contributed by atoms with E-state index in [0.717, 1.165) is 5.52 Å². The summed E-state index contributed by atoms with van der Waals surface area (Å²) in [4.78, 5) is 16.3. The summed E-state index contributed by atoms with van der Waals surface area (Å²) in [6.45, 7) is 6.54. The standard InChI is InChI=1S/C15H19N7O2/c1-15(2,3)9-4-5-11-10(6-9)18-13(24-11)7-17-12(23)8-22-14(16)19-20-21-22/h4-6H,7-8H2,1-3H3,(H,17,23)(H2,16,19,21). The number of hydrogen-bond acceptors (Lipinski definition) is 7. The molecule has 0 aliphatic rings. The zero-order chi connectivity index (χ0) is 17.3. The van der Waals surface area contributed by atoms with Crippen molar-refractivity contribution in [2.75, 3.05) is 5.73 Å². The molecule has 0 unspecified atom stereocenters. The van der Waals surface area contributed by atoms with Gasteiger partial charge in [0.1, 0.15) is 12.1 Å². The molecule has 126 valence electrons. The monoisotopic (exact) mass is 329 g/mol. The van der Waals surface area contributed by atoms with Gasteiger partial charge in [-0.15, -0.1) is 0 Å². The normalized spacial score (nSPS) is 11.8. The fourth-order valence-corrected chi connectivity index (χ4v) is 2.21. The number of nitrogens with zero attached hydrogens (tertiary/aromatic N) is 5. The number of tetrazole rings is 1. The maximum absolute atomic E-state index is 11.9. The van der Waals surface area contributed by atoms with Crippen molar-refractivity contribution in [2.45, 2.75) is 39.3 Å². The Balaban J connectivity index is 1.67. The van der Waals surface area contributed by atoms with Crippen molar-refractivity contribution in [2.24, 2.45) is 0 Å². The van der Waals surface area contributed by atoms with E-state index in [9.17, 15) is 4.79 Å². The number of benzene rings is 1. The third-order valence-electron chi connectivity index (χ3n) is 3.59. The lowest BCUT2D eigenvalue weighted by Crippen LogP contribution is -2.28. The van der Waals surface area contributed by atoms with Crippen LogP contribution in [-0.2, 0) is 23.3 Å². The summed E-state index contributed by atoms with van der Waals surface area (Å²) in [5.41, 5.74) is 8.19. The molecule has 1 aromatic carbocycles. The number of aromatic nitrogens is 5. The van der Waals surface area contributed by atoms with Gasteiger partial charge < -0.3 is 15.5 Å². The number of carbonyl (C=O) groups excluding carboxylic acids is 1. The SMILES string of the molecule is CC(C)(C)c1ccc2oc(CNC(=O)Cn3nnnc3N)nc2c1. The van der Waals surface area contributed by atoms with Gasteiger partial charge in [0.2, 0.25) is 17.7 Å². The Morgan fingerprint density at radius 1 is 1.38 bits per heavy atom. The van der Waals surface area contributed by atoms with Crippen LogP contribution in [0.25, 0.3) is 11.1 Å². The molecule has 9 heteroatoms. The fraction of sp³-hybridized carbons (Fsp3) is 0.400.